The van der Waals surface area contributed by atoms with Crippen LogP contribution in [-0.4, -0.2) is 22.1 Å². The molecule has 0 radical (unpaired) electrons. The molecule has 2 aromatic rings. The summed E-state index contributed by atoms with van der Waals surface area (Å²) in [5.41, 5.74) is 4.03. The van der Waals surface area contributed by atoms with Gasteiger partial charge in [-0.1, -0.05) is 23.7 Å². The maximum absolute atomic E-state index is 7.83. The second-order valence-electron chi connectivity index (χ2n) is 4.30. The van der Waals surface area contributed by atoms with E-state index in [1.807, 2.05) is 25.1 Å². The molecule has 0 saturated heterocycles. The predicted octanol–water partition coefficient (Wildman–Crippen LogP) is 2.73. The van der Waals surface area contributed by atoms with Crippen molar-refractivity contribution >= 4 is 17.3 Å². The maximum Gasteiger partial charge on any atom is 0.0901 e. The average Bonchev–Trinajstić information content (AvgIpc) is 2.78. The van der Waals surface area contributed by atoms with E-state index in [2.05, 4.69) is 5.10 Å². The van der Waals surface area contributed by atoms with Gasteiger partial charge in [0.2, 0.25) is 0 Å². The molecule has 0 amide bonds. The molecule has 0 spiro atoms. The Morgan fingerprint density at radius 1 is 1.39 bits per heavy atom. The summed E-state index contributed by atoms with van der Waals surface area (Å²) >= 11 is 6.31. The van der Waals surface area contributed by atoms with Crippen molar-refractivity contribution in [2.45, 2.75) is 13.5 Å². The summed E-state index contributed by atoms with van der Waals surface area (Å²) in [6, 6.07) is 5.82. The van der Waals surface area contributed by atoms with Crippen molar-refractivity contribution in [3.63, 3.8) is 0 Å². The van der Waals surface area contributed by atoms with Crippen LogP contribution < -0.4 is 0 Å². The number of halogens is 1. The van der Waals surface area contributed by atoms with Crippen molar-refractivity contribution in [1.82, 2.24) is 9.78 Å². The highest BCUT2D eigenvalue weighted by Gasteiger charge is 2.21. The number of hydrogen-bond donors (Lipinski definition) is 1. The Morgan fingerprint density at radius 2 is 2.22 bits per heavy atom. The Bertz CT molecular complexity index is 633. The van der Waals surface area contributed by atoms with Crippen LogP contribution in [0, 0.1) is 12.3 Å². The highest BCUT2D eigenvalue weighted by molar-refractivity contribution is 6.33. The molecule has 1 aliphatic heterocycles. The van der Waals surface area contributed by atoms with Crippen molar-refractivity contribution in [3.05, 3.63) is 46.2 Å². The Morgan fingerprint density at radius 3 is 3.06 bits per heavy atom. The Hall–Kier alpha value is -1.65. The molecule has 1 aliphatic rings. The second-order valence-corrected chi connectivity index (χ2v) is 4.67. The number of rotatable bonds is 1. The van der Waals surface area contributed by atoms with Crippen molar-refractivity contribution < 1.29 is 4.74 Å². The Balaban J connectivity index is 2.19. The van der Waals surface area contributed by atoms with Gasteiger partial charge in [-0.2, -0.15) is 5.10 Å². The van der Waals surface area contributed by atoms with Crippen LogP contribution in [0.4, 0.5) is 0 Å². The molecule has 1 N–H and O–H groups in total. The van der Waals surface area contributed by atoms with Crippen molar-refractivity contribution in [1.29, 1.82) is 5.41 Å². The first-order valence-electron chi connectivity index (χ1n) is 5.66. The lowest BCUT2D eigenvalue weighted by molar-refractivity contribution is 0.146. The van der Waals surface area contributed by atoms with Crippen molar-refractivity contribution in [2.75, 3.05) is 6.61 Å². The molecule has 0 aliphatic carbocycles. The lowest BCUT2D eigenvalue weighted by Gasteiger charge is -2.16. The largest absolute Gasteiger partial charge is 0.369 e. The van der Waals surface area contributed by atoms with Crippen molar-refractivity contribution in [3.8, 4) is 5.69 Å². The van der Waals surface area contributed by atoms with E-state index in [9.17, 15) is 0 Å². The molecule has 18 heavy (non-hydrogen) atoms. The number of nitrogens with zero attached hydrogens (tertiary/aromatic N) is 2. The molecule has 0 atom stereocenters. The number of benzene rings is 1. The van der Waals surface area contributed by atoms with E-state index < -0.39 is 0 Å². The van der Waals surface area contributed by atoms with Gasteiger partial charge in [0.1, 0.15) is 0 Å². The zero-order chi connectivity index (χ0) is 12.7. The van der Waals surface area contributed by atoms with Crippen LogP contribution in [0.25, 0.3) is 5.69 Å². The standard InChI is InChI=1S/C13H12ClN3O/c1-8-3-2-4-11(13(8)14)17-12-7-18-6-10(15)9(12)5-16-17/h2-5,15H,6-7H2,1H3. The van der Waals surface area contributed by atoms with Gasteiger partial charge in [-0.3, -0.25) is 0 Å². The number of ether oxygens (including phenoxy) is 1. The van der Waals surface area contributed by atoms with E-state index in [4.69, 9.17) is 21.7 Å². The third kappa shape index (κ3) is 1.65. The first kappa shape index (κ1) is 11.4. The highest BCUT2D eigenvalue weighted by Crippen LogP contribution is 2.27. The van der Waals surface area contributed by atoms with Crippen LogP contribution in [0.1, 0.15) is 16.8 Å². The zero-order valence-electron chi connectivity index (χ0n) is 9.90. The summed E-state index contributed by atoms with van der Waals surface area (Å²) in [5, 5.41) is 12.8. The van der Waals surface area contributed by atoms with Gasteiger partial charge in [-0.05, 0) is 18.6 Å². The molecular weight excluding hydrogens is 250 g/mol. The summed E-state index contributed by atoms with van der Waals surface area (Å²) in [7, 11) is 0. The monoisotopic (exact) mass is 261 g/mol. The molecule has 5 heteroatoms. The first-order valence-corrected chi connectivity index (χ1v) is 6.04. The number of aromatic nitrogens is 2. The fraction of sp³-hybridized carbons (Fsp3) is 0.231. The predicted molar refractivity (Wildman–Crippen MR) is 69.8 cm³/mol. The van der Waals surface area contributed by atoms with Crippen molar-refractivity contribution in [2.24, 2.45) is 0 Å². The van der Waals surface area contributed by atoms with Gasteiger partial charge in [0.05, 0.1) is 41.5 Å². The number of hydrogen-bond acceptors (Lipinski definition) is 3. The third-order valence-corrected chi connectivity index (χ3v) is 3.57. The number of fused-ring (bicyclic) bond motifs is 1. The highest BCUT2D eigenvalue weighted by atomic mass is 35.5. The van der Waals surface area contributed by atoms with Crippen LogP contribution in [0.2, 0.25) is 5.02 Å². The summed E-state index contributed by atoms with van der Waals surface area (Å²) in [6.07, 6.45) is 1.71. The summed E-state index contributed by atoms with van der Waals surface area (Å²) in [4.78, 5) is 0. The van der Waals surface area contributed by atoms with E-state index >= 15 is 0 Å². The third-order valence-electron chi connectivity index (χ3n) is 3.08. The second kappa shape index (κ2) is 4.23. The molecule has 92 valence electrons. The zero-order valence-corrected chi connectivity index (χ0v) is 10.7. The lowest BCUT2D eigenvalue weighted by Crippen LogP contribution is -2.19. The van der Waals surface area contributed by atoms with Crippen LogP contribution in [0.3, 0.4) is 0 Å². The fourth-order valence-corrected chi connectivity index (χ4v) is 2.30. The van der Waals surface area contributed by atoms with Gasteiger partial charge in [-0.15, -0.1) is 0 Å². The van der Waals surface area contributed by atoms with Crippen LogP contribution in [0.15, 0.2) is 24.4 Å². The van der Waals surface area contributed by atoms with Gasteiger partial charge >= 0.3 is 0 Å². The fourth-order valence-electron chi connectivity index (χ4n) is 2.10. The van der Waals surface area contributed by atoms with E-state index in [-0.39, 0.29) is 0 Å². The van der Waals surface area contributed by atoms with E-state index in [1.165, 1.54) is 0 Å². The molecule has 2 heterocycles. The quantitative estimate of drug-likeness (QED) is 0.858. The molecule has 1 aromatic carbocycles. The molecular formula is C13H12ClN3O. The van der Waals surface area contributed by atoms with Gasteiger partial charge in [0.15, 0.2) is 0 Å². The van der Waals surface area contributed by atoms with Gasteiger partial charge in [0, 0.05) is 5.56 Å². The van der Waals surface area contributed by atoms with E-state index in [1.54, 1.807) is 10.9 Å². The Kier molecular flexibility index (Phi) is 2.69. The van der Waals surface area contributed by atoms with Crippen LogP contribution >= 0.6 is 11.6 Å². The molecule has 1 aromatic heterocycles. The van der Waals surface area contributed by atoms with E-state index in [0.29, 0.717) is 23.9 Å². The molecule has 3 rings (SSSR count). The van der Waals surface area contributed by atoms with Gasteiger partial charge < -0.3 is 10.1 Å². The molecule has 0 unspecified atom stereocenters. The normalized spacial score (nSPS) is 14.7. The maximum atomic E-state index is 7.83. The molecule has 0 fully saturated rings. The van der Waals surface area contributed by atoms with Gasteiger partial charge in [-0.25, -0.2) is 4.68 Å². The van der Waals surface area contributed by atoms with Gasteiger partial charge in [0.25, 0.3) is 0 Å². The molecule has 0 saturated carbocycles. The minimum absolute atomic E-state index is 0.347. The minimum Gasteiger partial charge on any atom is -0.369 e. The summed E-state index contributed by atoms with van der Waals surface area (Å²) in [5.74, 6) is 0. The van der Waals surface area contributed by atoms with Crippen LogP contribution in [0.5, 0.6) is 0 Å². The molecule has 0 bridgehead atoms. The Labute approximate surface area is 110 Å². The number of aryl methyl sites for hydroxylation is 1. The average molecular weight is 262 g/mol. The van der Waals surface area contributed by atoms with E-state index in [0.717, 1.165) is 22.5 Å². The van der Waals surface area contributed by atoms with Crippen LogP contribution in [-0.2, 0) is 11.3 Å². The summed E-state index contributed by atoms with van der Waals surface area (Å²) in [6.45, 7) is 2.77. The first-order chi connectivity index (χ1) is 8.68. The minimum atomic E-state index is 0.347. The number of nitrogens with one attached hydrogen (secondary N) is 1. The SMILES string of the molecule is Cc1cccc(-n2ncc3c2COCC3=N)c1Cl. The lowest BCUT2D eigenvalue weighted by atomic mass is 10.1. The topological polar surface area (TPSA) is 50.9 Å². The smallest absolute Gasteiger partial charge is 0.0901 e. The molecule has 4 nitrogen and oxygen atoms in total. The summed E-state index contributed by atoms with van der Waals surface area (Å²) < 4.78 is 7.13.